The number of nitro groups is 1. The van der Waals surface area contributed by atoms with E-state index < -0.39 is 22.0 Å². The average molecular weight is 467 g/mol. The van der Waals surface area contributed by atoms with Crippen molar-refractivity contribution in [2.24, 2.45) is 7.05 Å². The molecule has 176 valence electrons. The van der Waals surface area contributed by atoms with Gasteiger partial charge in [0.25, 0.3) is 0 Å². The van der Waals surface area contributed by atoms with Crippen molar-refractivity contribution < 1.29 is 19.2 Å². The molecule has 4 aromatic rings. The lowest BCUT2D eigenvalue weighted by Gasteiger charge is -2.22. The summed E-state index contributed by atoms with van der Waals surface area (Å²) in [5.74, 6) is -0.783. The van der Waals surface area contributed by atoms with Crippen LogP contribution in [0.15, 0.2) is 42.9 Å². The second kappa shape index (κ2) is 8.56. The molecule has 0 atom stereocenters. The normalized spacial score (nSPS) is 11.5. The van der Waals surface area contributed by atoms with Crippen molar-refractivity contribution in [1.29, 1.82) is 0 Å². The molecule has 12 heteroatoms. The molecule has 4 rings (SSSR count). The van der Waals surface area contributed by atoms with Crippen LogP contribution in [0.1, 0.15) is 19.4 Å². The minimum atomic E-state index is -1.16. The molecule has 2 aromatic carbocycles. The van der Waals surface area contributed by atoms with E-state index >= 15 is 0 Å². The summed E-state index contributed by atoms with van der Waals surface area (Å²) in [7, 11) is 3.23. The predicted molar refractivity (Wildman–Crippen MR) is 124 cm³/mol. The van der Waals surface area contributed by atoms with Gasteiger partial charge in [0, 0.05) is 47.5 Å². The van der Waals surface area contributed by atoms with Crippen LogP contribution in [0.3, 0.4) is 0 Å². The summed E-state index contributed by atoms with van der Waals surface area (Å²) in [5, 5.41) is 28.7. The van der Waals surface area contributed by atoms with Crippen LogP contribution in [0.4, 0.5) is 33.3 Å². The predicted octanol–water partition coefficient (Wildman–Crippen LogP) is 4.13. The van der Waals surface area contributed by atoms with Crippen molar-refractivity contribution in [1.82, 2.24) is 19.5 Å². The number of halogens is 1. The summed E-state index contributed by atoms with van der Waals surface area (Å²) in [6, 6.07) is 7.63. The van der Waals surface area contributed by atoms with Crippen LogP contribution in [-0.2, 0) is 12.6 Å². The van der Waals surface area contributed by atoms with Gasteiger partial charge in [-0.15, -0.1) is 0 Å². The van der Waals surface area contributed by atoms with E-state index in [1.807, 2.05) is 36.0 Å². The zero-order valence-electron chi connectivity index (χ0n) is 18.8. The number of hydrogen-bond acceptors (Lipinski definition) is 9. The zero-order valence-corrected chi connectivity index (χ0v) is 18.8. The molecule has 3 N–H and O–H groups in total. The van der Waals surface area contributed by atoms with Crippen LogP contribution in [0.2, 0.25) is 0 Å². The van der Waals surface area contributed by atoms with Crippen LogP contribution in [0, 0.1) is 15.9 Å². The van der Waals surface area contributed by atoms with E-state index in [9.17, 15) is 19.6 Å². The van der Waals surface area contributed by atoms with Gasteiger partial charge in [-0.1, -0.05) is 0 Å². The Bertz CT molecular complexity index is 1400. The van der Waals surface area contributed by atoms with E-state index in [4.69, 9.17) is 4.74 Å². The van der Waals surface area contributed by atoms with E-state index in [1.165, 1.54) is 13.4 Å². The number of aliphatic hydroxyl groups is 1. The molecule has 0 saturated carbocycles. The third-order valence-corrected chi connectivity index (χ3v) is 5.21. The molecule has 0 spiro atoms. The van der Waals surface area contributed by atoms with Crippen molar-refractivity contribution in [3.05, 3.63) is 64.4 Å². The maximum atomic E-state index is 13.9. The van der Waals surface area contributed by atoms with Crippen molar-refractivity contribution in [3.8, 4) is 5.75 Å². The van der Waals surface area contributed by atoms with Crippen molar-refractivity contribution in [3.63, 3.8) is 0 Å². The minimum absolute atomic E-state index is 0.0388. The Balaban J connectivity index is 1.69. The molecule has 34 heavy (non-hydrogen) atoms. The lowest BCUT2D eigenvalue weighted by atomic mass is 9.95. The van der Waals surface area contributed by atoms with Gasteiger partial charge >= 0.3 is 5.69 Å². The van der Waals surface area contributed by atoms with E-state index in [1.54, 1.807) is 13.8 Å². The van der Waals surface area contributed by atoms with Gasteiger partial charge < -0.3 is 25.0 Å². The molecule has 0 saturated heterocycles. The van der Waals surface area contributed by atoms with Crippen LogP contribution < -0.4 is 15.4 Å². The Morgan fingerprint density at radius 1 is 1.15 bits per heavy atom. The number of methoxy groups -OCH3 is 1. The molecule has 0 fully saturated rings. The van der Waals surface area contributed by atoms with Crippen molar-refractivity contribution in [2.75, 3.05) is 17.7 Å². The summed E-state index contributed by atoms with van der Waals surface area (Å²) in [4.78, 5) is 22.7. The number of nitro benzene ring substituents is 1. The number of nitrogens with zero attached hydrogens (tertiary/aromatic N) is 5. The quantitative estimate of drug-likeness (QED) is 0.270. The molecule has 0 aliphatic carbocycles. The Morgan fingerprint density at radius 3 is 2.44 bits per heavy atom. The SMILES string of the molecule is COc1cc(F)c([N+](=O)[O-])cc1Nc1ncnc(Nc2cc3ccn(C)c3cc2C(C)(C)O)n1. The Kier molecular flexibility index (Phi) is 5.75. The minimum Gasteiger partial charge on any atom is -0.494 e. The first kappa shape index (κ1) is 22.9. The molecule has 0 bridgehead atoms. The van der Waals surface area contributed by atoms with E-state index in [-0.39, 0.29) is 23.3 Å². The molecular formula is C22H22FN7O4. The summed E-state index contributed by atoms with van der Waals surface area (Å²) >= 11 is 0. The Hall–Kier alpha value is -4.32. The summed E-state index contributed by atoms with van der Waals surface area (Å²) in [5.41, 5.74) is 0.406. The van der Waals surface area contributed by atoms with Crippen LogP contribution in [-0.4, -0.2) is 36.7 Å². The van der Waals surface area contributed by atoms with Gasteiger partial charge in [-0.25, -0.2) is 9.97 Å². The van der Waals surface area contributed by atoms with E-state index in [0.29, 0.717) is 11.3 Å². The van der Waals surface area contributed by atoms with Gasteiger partial charge in [0.05, 0.1) is 23.3 Å². The molecule has 2 aromatic heterocycles. The van der Waals surface area contributed by atoms with Gasteiger partial charge in [0.1, 0.15) is 12.1 Å². The average Bonchev–Trinajstić information content (AvgIpc) is 3.13. The first-order valence-corrected chi connectivity index (χ1v) is 10.1. The molecule has 0 amide bonds. The third-order valence-electron chi connectivity index (χ3n) is 5.21. The number of anilines is 4. The number of fused-ring (bicyclic) bond motifs is 1. The fourth-order valence-corrected chi connectivity index (χ4v) is 3.53. The smallest absolute Gasteiger partial charge is 0.307 e. The highest BCUT2D eigenvalue weighted by molar-refractivity contribution is 5.86. The Morgan fingerprint density at radius 2 is 1.82 bits per heavy atom. The highest BCUT2D eigenvalue weighted by Crippen LogP contribution is 2.35. The first-order valence-electron chi connectivity index (χ1n) is 10.1. The maximum absolute atomic E-state index is 13.9. The molecule has 0 aliphatic rings. The van der Waals surface area contributed by atoms with Gasteiger partial charge in [0.2, 0.25) is 17.7 Å². The standard InChI is InChI=1S/C22H22FN7O4/c1-22(2,31)13-8-17-12(5-6-29(17)3)7-15(13)26-20-24-11-25-21(28-20)27-16-10-18(30(32)33)14(23)9-19(16)34-4/h5-11,31H,1-4H3,(H2,24,25,26,27,28). The van der Waals surface area contributed by atoms with Crippen LogP contribution in [0.5, 0.6) is 5.75 Å². The fourth-order valence-electron chi connectivity index (χ4n) is 3.53. The largest absolute Gasteiger partial charge is 0.494 e. The monoisotopic (exact) mass is 467 g/mol. The topological polar surface area (TPSA) is 140 Å². The number of rotatable bonds is 7. The fraction of sp³-hybridized carbons (Fsp3) is 0.227. The zero-order chi connectivity index (χ0) is 24.6. The highest BCUT2D eigenvalue weighted by atomic mass is 19.1. The van der Waals surface area contributed by atoms with Gasteiger partial charge in [-0.05, 0) is 32.0 Å². The number of aromatic nitrogens is 4. The molecule has 0 aliphatic heterocycles. The first-order chi connectivity index (χ1) is 16.1. The highest BCUT2D eigenvalue weighted by Gasteiger charge is 2.23. The van der Waals surface area contributed by atoms with Gasteiger partial charge in [-0.2, -0.15) is 9.37 Å². The lowest BCUT2D eigenvalue weighted by Crippen LogP contribution is -2.18. The van der Waals surface area contributed by atoms with E-state index in [2.05, 4.69) is 25.6 Å². The number of hydrogen-bond donors (Lipinski definition) is 3. The third kappa shape index (κ3) is 4.43. The molecule has 2 heterocycles. The molecule has 0 radical (unpaired) electrons. The second-order valence-electron chi connectivity index (χ2n) is 8.09. The number of benzene rings is 2. The maximum Gasteiger partial charge on any atom is 0.307 e. The molecular weight excluding hydrogens is 445 g/mol. The Labute approximate surface area is 193 Å². The van der Waals surface area contributed by atoms with Crippen LogP contribution in [0.25, 0.3) is 10.9 Å². The molecule has 11 nitrogen and oxygen atoms in total. The summed E-state index contributed by atoms with van der Waals surface area (Å²) in [6.07, 6.45) is 3.16. The van der Waals surface area contributed by atoms with Crippen molar-refractivity contribution >= 4 is 39.9 Å². The van der Waals surface area contributed by atoms with Gasteiger partial charge in [-0.3, -0.25) is 10.1 Å². The van der Waals surface area contributed by atoms with E-state index in [0.717, 1.165) is 23.0 Å². The lowest BCUT2D eigenvalue weighted by molar-refractivity contribution is -0.387. The van der Waals surface area contributed by atoms with Gasteiger partial charge in [0.15, 0.2) is 0 Å². The second-order valence-corrected chi connectivity index (χ2v) is 8.09. The number of aryl methyl sites for hydroxylation is 1. The number of nitrogens with one attached hydrogen (secondary N) is 2. The van der Waals surface area contributed by atoms with Crippen molar-refractivity contribution in [2.45, 2.75) is 19.4 Å². The number of ether oxygens (including phenoxy) is 1. The summed E-state index contributed by atoms with van der Waals surface area (Å²) < 4.78 is 21.0. The molecule has 0 unspecified atom stereocenters. The van der Waals surface area contributed by atoms with Crippen LogP contribution >= 0.6 is 0 Å². The summed E-state index contributed by atoms with van der Waals surface area (Å²) in [6.45, 7) is 3.35.